The summed E-state index contributed by atoms with van der Waals surface area (Å²) < 4.78 is 5.38. The van der Waals surface area contributed by atoms with Crippen molar-refractivity contribution in [2.75, 3.05) is 17.3 Å². The Balaban J connectivity index is 2.06. The van der Waals surface area contributed by atoms with Crippen LogP contribution in [0.3, 0.4) is 0 Å². The van der Waals surface area contributed by atoms with Crippen LogP contribution in [0, 0.1) is 6.92 Å². The monoisotopic (exact) mass is 279 g/mol. The number of aromatic nitrogens is 1. The van der Waals surface area contributed by atoms with Gasteiger partial charge in [-0.15, -0.1) is 0 Å². The topological polar surface area (TPSA) is 81.2 Å². The van der Waals surface area contributed by atoms with E-state index in [0.717, 1.165) is 11.3 Å². The number of fused-ring (bicyclic) bond motifs is 1. The molecule has 2 rings (SSSR count). The largest absolute Gasteiger partial charge is 0.441 e. The second kappa shape index (κ2) is 6.08. The number of amides is 1. The molecule has 1 heterocycles. The van der Waals surface area contributed by atoms with E-state index in [0.29, 0.717) is 23.6 Å². The number of oxazole rings is 1. The number of aryl methyl sites for hydroxylation is 1. The highest BCUT2D eigenvalue weighted by molar-refractivity contribution is 7.98. The molecule has 0 radical (unpaired) electrons. The van der Waals surface area contributed by atoms with E-state index in [1.165, 1.54) is 0 Å². The summed E-state index contributed by atoms with van der Waals surface area (Å²) in [6, 6.07) is 4.87. The van der Waals surface area contributed by atoms with Gasteiger partial charge in [-0.05, 0) is 36.6 Å². The van der Waals surface area contributed by atoms with Gasteiger partial charge in [-0.3, -0.25) is 4.79 Å². The van der Waals surface area contributed by atoms with Crippen molar-refractivity contribution < 1.29 is 9.21 Å². The second-order valence-corrected chi connectivity index (χ2v) is 5.28. The summed E-state index contributed by atoms with van der Waals surface area (Å²) in [6.45, 7) is 1.79. The Bertz CT molecular complexity index is 582. The van der Waals surface area contributed by atoms with E-state index in [1.54, 1.807) is 36.9 Å². The number of hydrogen-bond acceptors (Lipinski definition) is 5. The van der Waals surface area contributed by atoms with Crippen molar-refractivity contribution in [2.24, 2.45) is 5.73 Å². The molecule has 0 bridgehead atoms. The Hall–Kier alpha value is -1.53. The number of benzene rings is 1. The molecule has 1 aromatic heterocycles. The minimum atomic E-state index is -0.484. The zero-order valence-corrected chi connectivity index (χ0v) is 11.8. The third-order valence-corrected chi connectivity index (χ3v) is 3.38. The first kappa shape index (κ1) is 13.9. The van der Waals surface area contributed by atoms with E-state index in [2.05, 4.69) is 10.3 Å². The van der Waals surface area contributed by atoms with Crippen molar-refractivity contribution in [3.63, 3.8) is 0 Å². The molecule has 1 aromatic carbocycles. The Kier molecular flexibility index (Phi) is 4.44. The molecule has 0 spiro atoms. The number of hydrogen-bond donors (Lipinski definition) is 2. The molecule has 102 valence electrons. The van der Waals surface area contributed by atoms with Gasteiger partial charge in [0.25, 0.3) is 0 Å². The quantitative estimate of drug-likeness (QED) is 0.876. The number of rotatable bonds is 5. The first-order chi connectivity index (χ1) is 9.10. The summed E-state index contributed by atoms with van der Waals surface area (Å²) in [5, 5.41) is 2.80. The van der Waals surface area contributed by atoms with Gasteiger partial charge >= 0.3 is 0 Å². The van der Waals surface area contributed by atoms with Gasteiger partial charge in [-0.25, -0.2) is 4.98 Å². The molecule has 0 saturated carbocycles. The van der Waals surface area contributed by atoms with Crippen molar-refractivity contribution in [3.8, 4) is 0 Å². The average molecular weight is 279 g/mol. The number of thioether (sulfide) groups is 1. The maximum atomic E-state index is 11.9. The molecule has 0 aliphatic carbocycles. The molecular weight excluding hydrogens is 262 g/mol. The van der Waals surface area contributed by atoms with Crippen LogP contribution in [0.15, 0.2) is 22.6 Å². The Morgan fingerprint density at radius 1 is 1.58 bits per heavy atom. The fourth-order valence-electron chi connectivity index (χ4n) is 1.73. The summed E-state index contributed by atoms with van der Waals surface area (Å²) in [7, 11) is 0. The van der Waals surface area contributed by atoms with Gasteiger partial charge in [-0.2, -0.15) is 11.8 Å². The molecule has 1 amide bonds. The van der Waals surface area contributed by atoms with E-state index in [1.807, 2.05) is 6.26 Å². The Morgan fingerprint density at radius 2 is 2.37 bits per heavy atom. The number of carbonyl (C=O) groups is 1. The summed E-state index contributed by atoms with van der Waals surface area (Å²) >= 11 is 1.68. The minimum Gasteiger partial charge on any atom is -0.441 e. The van der Waals surface area contributed by atoms with E-state index < -0.39 is 6.04 Å². The number of nitrogens with one attached hydrogen (secondary N) is 1. The standard InChI is InChI=1S/C13H17N3O2S/c1-8-15-11-7-9(3-4-12(11)18-8)16-13(17)10(14)5-6-19-2/h3-4,7,10H,5-6,14H2,1-2H3,(H,16,17)/t10-/m0/s1. The molecule has 0 unspecified atom stereocenters. The van der Waals surface area contributed by atoms with Crippen LogP contribution in [0.1, 0.15) is 12.3 Å². The zero-order chi connectivity index (χ0) is 13.8. The highest BCUT2D eigenvalue weighted by atomic mass is 32.2. The lowest BCUT2D eigenvalue weighted by Gasteiger charge is -2.11. The van der Waals surface area contributed by atoms with Crippen LogP contribution in [-0.4, -0.2) is 28.9 Å². The van der Waals surface area contributed by atoms with E-state index in [9.17, 15) is 4.79 Å². The highest BCUT2D eigenvalue weighted by Crippen LogP contribution is 2.19. The third-order valence-electron chi connectivity index (χ3n) is 2.73. The van der Waals surface area contributed by atoms with Crippen LogP contribution in [0.5, 0.6) is 0 Å². The van der Waals surface area contributed by atoms with Crippen molar-refractivity contribution >= 4 is 34.5 Å². The van der Waals surface area contributed by atoms with Gasteiger partial charge in [-0.1, -0.05) is 0 Å². The van der Waals surface area contributed by atoms with Gasteiger partial charge in [0.05, 0.1) is 6.04 Å². The molecule has 0 saturated heterocycles. The van der Waals surface area contributed by atoms with Crippen molar-refractivity contribution in [3.05, 3.63) is 24.1 Å². The first-order valence-electron chi connectivity index (χ1n) is 6.02. The van der Waals surface area contributed by atoms with Gasteiger partial charge in [0, 0.05) is 12.6 Å². The molecule has 0 aliphatic heterocycles. The van der Waals surface area contributed by atoms with Crippen LogP contribution in [-0.2, 0) is 4.79 Å². The Labute approximate surface area is 115 Å². The van der Waals surface area contributed by atoms with Crippen LogP contribution in [0.4, 0.5) is 5.69 Å². The predicted octanol–water partition coefficient (Wildman–Crippen LogP) is 2.16. The minimum absolute atomic E-state index is 0.173. The molecule has 5 nitrogen and oxygen atoms in total. The molecule has 19 heavy (non-hydrogen) atoms. The lowest BCUT2D eigenvalue weighted by Crippen LogP contribution is -2.36. The first-order valence-corrected chi connectivity index (χ1v) is 7.42. The average Bonchev–Trinajstić information content (AvgIpc) is 2.75. The molecule has 0 fully saturated rings. The molecule has 1 atom stereocenters. The SMILES string of the molecule is CSCC[C@H](N)C(=O)Nc1ccc2oc(C)nc2c1. The lowest BCUT2D eigenvalue weighted by molar-refractivity contribution is -0.117. The van der Waals surface area contributed by atoms with E-state index >= 15 is 0 Å². The Morgan fingerprint density at radius 3 is 3.11 bits per heavy atom. The van der Waals surface area contributed by atoms with Gasteiger partial charge in [0.15, 0.2) is 11.5 Å². The predicted molar refractivity (Wildman–Crippen MR) is 78.4 cm³/mol. The van der Waals surface area contributed by atoms with Crippen molar-refractivity contribution in [1.82, 2.24) is 4.98 Å². The van der Waals surface area contributed by atoms with Crippen LogP contribution in [0.25, 0.3) is 11.1 Å². The highest BCUT2D eigenvalue weighted by Gasteiger charge is 2.13. The molecule has 3 N–H and O–H groups in total. The summed E-state index contributed by atoms with van der Waals surface area (Å²) in [5.74, 6) is 1.31. The second-order valence-electron chi connectivity index (χ2n) is 4.29. The lowest BCUT2D eigenvalue weighted by atomic mass is 10.2. The van der Waals surface area contributed by atoms with Gasteiger partial charge in [0.1, 0.15) is 5.52 Å². The smallest absolute Gasteiger partial charge is 0.241 e. The fraction of sp³-hybridized carbons (Fsp3) is 0.385. The van der Waals surface area contributed by atoms with Gasteiger partial charge in [0.2, 0.25) is 5.91 Å². The third kappa shape index (κ3) is 3.48. The van der Waals surface area contributed by atoms with Crippen LogP contribution in [0.2, 0.25) is 0 Å². The number of carbonyl (C=O) groups excluding carboxylic acids is 1. The maximum absolute atomic E-state index is 11.9. The molecule has 2 aromatic rings. The molecule has 6 heteroatoms. The maximum Gasteiger partial charge on any atom is 0.241 e. The summed E-state index contributed by atoms with van der Waals surface area (Å²) in [4.78, 5) is 16.1. The number of anilines is 1. The van der Waals surface area contributed by atoms with E-state index in [-0.39, 0.29) is 5.91 Å². The van der Waals surface area contributed by atoms with E-state index in [4.69, 9.17) is 10.2 Å². The van der Waals surface area contributed by atoms with Gasteiger partial charge < -0.3 is 15.5 Å². The van der Waals surface area contributed by atoms with Crippen molar-refractivity contribution in [1.29, 1.82) is 0 Å². The normalized spacial score (nSPS) is 12.6. The summed E-state index contributed by atoms with van der Waals surface area (Å²) in [5.41, 5.74) is 7.93. The summed E-state index contributed by atoms with van der Waals surface area (Å²) in [6.07, 6.45) is 2.66. The number of nitrogens with zero attached hydrogens (tertiary/aromatic N) is 1. The van der Waals surface area contributed by atoms with Crippen LogP contribution < -0.4 is 11.1 Å². The van der Waals surface area contributed by atoms with Crippen molar-refractivity contribution in [2.45, 2.75) is 19.4 Å². The zero-order valence-electron chi connectivity index (χ0n) is 11.0. The van der Waals surface area contributed by atoms with Crippen LogP contribution >= 0.6 is 11.8 Å². The fourth-order valence-corrected chi connectivity index (χ4v) is 2.22. The molecule has 0 aliphatic rings. The molecular formula is C13H17N3O2S. The number of nitrogens with two attached hydrogens (primary N) is 1.